The quantitative estimate of drug-likeness (QED) is 0.763. The zero-order valence-electron chi connectivity index (χ0n) is 7.83. The van der Waals surface area contributed by atoms with Gasteiger partial charge in [0.25, 0.3) is 0 Å². The summed E-state index contributed by atoms with van der Waals surface area (Å²) in [7, 11) is 1.87. The first-order chi connectivity index (χ1) is 6.77. The molecule has 0 aliphatic heterocycles. The topological polar surface area (TPSA) is 50.9 Å². The van der Waals surface area contributed by atoms with Gasteiger partial charge in [0.2, 0.25) is 0 Å². The Kier molecular flexibility index (Phi) is 2.28. The number of imidazole rings is 1. The summed E-state index contributed by atoms with van der Waals surface area (Å²) in [4.78, 5) is 8.02. The fourth-order valence-corrected chi connectivity index (χ4v) is 1.28. The summed E-state index contributed by atoms with van der Waals surface area (Å²) < 4.78 is 1.80. The molecule has 4 nitrogen and oxygen atoms in total. The molecule has 0 fully saturated rings. The minimum Gasteiger partial charge on any atom is -0.382 e. The molecule has 1 atom stereocenters. The largest absolute Gasteiger partial charge is 0.382 e. The monoisotopic (exact) mass is 189 g/mol. The van der Waals surface area contributed by atoms with Gasteiger partial charge in [-0.1, -0.05) is 6.07 Å². The Balaban J connectivity index is 2.29. The second-order valence-electron chi connectivity index (χ2n) is 3.15. The molecule has 2 aromatic heterocycles. The second-order valence-corrected chi connectivity index (χ2v) is 3.15. The number of pyridine rings is 1. The van der Waals surface area contributed by atoms with Crippen LogP contribution in [0.25, 0.3) is 0 Å². The third-order valence-corrected chi connectivity index (χ3v) is 2.01. The van der Waals surface area contributed by atoms with Gasteiger partial charge in [0.15, 0.2) is 0 Å². The normalized spacial score (nSPS) is 12.7. The van der Waals surface area contributed by atoms with Crippen LogP contribution in [0.15, 0.2) is 37.1 Å². The predicted octanol–water partition coefficient (Wildman–Crippen LogP) is 0.897. The molecule has 0 saturated carbocycles. The highest BCUT2D eigenvalue weighted by Gasteiger charge is 2.12. The Morgan fingerprint density at radius 3 is 2.93 bits per heavy atom. The van der Waals surface area contributed by atoms with Gasteiger partial charge < -0.3 is 9.67 Å². The standard InChI is InChI=1S/C10H11N3O/c1-13-6-9(12-7-13)10(14)8-3-2-4-11-5-8/h2-7,10,14H,1H3. The van der Waals surface area contributed by atoms with Crippen LogP contribution in [0.3, 0.4) is 0 Å². The van der Waals surface area contributed by atoms with E-state index in [-0.39, 0.29) is 0 Å². The van der Waals surface area contributed by atoms with Crippen LogP contribution in [0, 0.1) is 0 Å². The molecule has 0 spiro atoms. The molecule has 0 aliphatic carbocycles. The summed E-state index contributed by atoms with van der Waals surface area (Å²) in [6.45, 7) is 0. The van der Waals surface area contributed by atoms with Gasteiger partial charge >= 0.3 is 0 Å². The molecule has 0 amide bonds. The fraction of sp³-hybridized carbons (Fsp3) is 0.200. The minimum absolute atomic E-state index is 0.639. The summed E-state index contributed by atoms with van der Waals surface area (Å²) in [5, 5.41) is 9.89. The third kappa shape index (κ3) is 1.65. The van der Waals surface area contributed by atoms with Crippen LogP contribution in [0.5, 0.6) is 0 Å². The lowest BCUT2D eigenvalue weighted by Crippen LogP contribution is -2.00. The molecule has 0 saturated heterocycles. The van der Waals surface area contributed by atoms with E-state index in [4.69, 9.17) is 0 Å². The SMILES string of the molecule is Cn1cnc(C(O)c2cccnc2)c1. The van der Waals surface area contributed by atoms with Crippen LogP contribution in [0.2, 0.25) is 0 Å². The van der Waals surface area contributed by atoms with E-state index in [1.54, 1.807) is 35.6 Å². The number of rotatable bonds is 2. The highest BCUT2D eigenvalue weighted by atomic mass is 16.3. The summed E-state index contributed by atoms with van der Waals surface area (Å²) in [5.41, 5.74) is 1.40. The Hall–Kier alpha value is -1.68. The number of hydrogen-bond acceptors (Lipinski definition) is 3. The Labute approximate surface area is 81.9 Å². The van der Waals surface area contributed by atoms with Crippen molar-refractivity contribution in [2.45, 2.75) is 6.10 Å². The van der Waals surface area contributed by atoms with Crippen LogP contribution < -0.4 is 0 Å². The number of aromatic nitrogens is 3. The molecule has 4 heteroatoms. The van der Waals surface area contributed by atoms with Crippen LogP contribution in [-0.4, -0.2) is 19.6 Å². The molecular weight excluding hydrogens is 178 g/mol. The van der Waals surface area contributed by atoms with Crippen LogP contribution in [0.1, 0.15) is 17.4 Å². The van der Waals surface area contributed by atoms with Gasteiger partial charge in [-0.05, 0) is 6.07 Å². The molecule has 72 valence electrons. The average Bonchev–Trinajstić information content (AvgIpc) is 2.65. The molecule has 0 aliphatic rings. The van der Waals surface area contributed by atoms with Crippen LogP contribution in [0.4, 0.5) is 0 Å². The van der Waals surface area contributed by atoms with Gasteiger partial charge in [0.1, 0.15) is 6.10 Å². The molecule has 0 bridgehead atoms. The molecule has 1 unspecified atom stereocenters. The first-order valence-electron chi connectivity index (χ1n) is 4.33. The molecule has 0 radical (unpaired) electrons. The highest BCUT2D eigenvalue weighted by Crippen LogP contribution is 2.18. The lowest BCUT2D eigenvalue weighted by atomic mass is 10.1. The van der Waals surface area contributed by atoms with Gasteiger partial charge in [0.05, 0.1) is 12.0 Å². The van der Waals surface area contributed by atoms with E-state index in [1.807, 2.05) is 13.1 Å². The fourth-order valence-electron chi connectivity index (χ4n) is 1.28. The number of aliphatic hydroxyl groups is 1. The van der Waals surface area contributed by atoms with Crippen molar-refractivity contribution in [3.8, 4) is 0 Å². The highest BCUT2D eigenvalue weighted by molar-refractivity contribution is 5.20. The van der Waals surface area contributed by atoms with Crippen molar-refractivity contribution < 1.29 is 5.11 Å². The van der Waals surface area contributed by atoms with E-state index < -0.39 is 6.10 Å². The predicted molar refractivity (Wildman–Crippen MR) is 51.5 cm³/mol. The number of hydrogen-bond donors (Lipinski definition) is 1. The van der Waals surface area contributed by atoms with Crippen molar-refractivity contribution in [1.29, 1.82) is 0 Å². The number of aliphatic hydroxyl groups excluding tert-OH is 1. The number of aryl methyl sites for hydroxylation is 1. The maximum atomic E-state index is 9.89. The molecule has 14 heavy (non-hydrogen) atoms. The Bertz CT molecular complexity index is 410. The van der Waals surface area contributed by atoms with Crippen molar-refractivity contribution in [3.63, 3.8) is 0 Å². The molecule has 0 aromatic carbocycles. The lowest BCUT2D eigenvalue weighted by Gasteiger charge is -2.06. The van der Waals surface area contributed by atoms with Crippen LogP contribution in [-0.2, 0) is 7.05 Å². The molecule has 2 aromatic rings. The molecule has 2 rings (SSSR count). The van der Waals surface area contributed by atoms with E-state index in [1.165, 1.54) is 0 Å². The van der Waals surface area contributed by atoms with Crippen molar-refractivity contribution in [2.24, 2.45) is 7.05 Å². The smallest absolute Gasteiger partial charge is 0.124 e. The molecular formula is C10H11N3O. The van der Waals surface area contributed by atoms with E-state index in [0.29, 0.717) is 5.69 Å². The summed E-state index contributed by atoms with van der Waals surface area (Å²) in [6.07, 6.45) is 6.07. The van der Waals surface area contributed by atoms with Gasteiger partial charge in [-0.2, -0.15) is 0 Å². The van der Waals surface area contributed by atoms with Gasteiger partial charge in [-0.3, -0.25) is 4.98 Å². The lowest BCUT2D eigenvalue weighted by molar-refractivity contribution is 0.215. The first-order valence-corrected chi connectivity index (χ1v) is 4.33. The Morgan fingerprint density at radius 1 is 1.50 bits per heavy atom. The van der Waals surface area contributed by atoms with E-state index in [2.05, 4.69) is 9.97 Å². The van der Waals surface area contributed by atoms with E-state index in [0.717, 1.165) is 5.56 Å². The molecule has 2 heterocycles. The maximum absolute atomic E-state index is 9.89. The zero-order valence-corrected chi connectivity index (χ0v) is 7.83. The van der Waals surface area contributed by atoms with Crippen LogP contribution >= 0.6 is 0 Å². The van der Waals surface area contributed by atoms with E-state index in [9.17, 15) is 5.11 Å². The summed E-state index contributed by atoms with van der Waals surface area (Å²) in [5.74, 6) is 0. The maximum Gasteiger partial charge on any atom is 0.124 e. The summed E-state index contributed by atoms with van der Waals surface area (Å²) in [6, 6.07) is 3.62. The van der Waals surface area contributed by atoms with Crippen molar-refractivity contribution in [1.82, 2.24) is 14.5 Å². The molecule has 1 N–H and O–H groups in total. The Morgan fingerprint density at radius 2 is 2.36 bits per heavy atom. The average molecular weight is 189 g/mol. The summed E-state index contributed by atoms with van der Waals surface area (Å²) >= 11 is 0. The third-order valence-electron chi connectivity index (χ3n) is 2.01. The minimum atomic E-state index is -0.690. The number of nitrogens with zero attached hydrogens (tertiary/aromatic N) is 3. The van der Waals surface area contributed by atoms with Crippen molar-refractivity contribution in [3.05, 3.63) is 48.3 Å². The van der Waals surface area contributed by atoms with Gasteiger partial charge in [-0.25, -0.2) is 4.98 Å². The first kappa shape index (κ1) is 8.90. The van der Waals surface area contributed by atoms with Crippen molar-refractivity contribution >= 4 is 0 Å². The van der Waals surface area contributed by atoms with Gasteiger partial charge in [0, 0.05) is 31.2 Å². The van der Waals surface area contributed by atoms with Crippen molar-refractivity contribution in [2.75, 3.05) is 0 Å². The second kappa shape index (κ2) is 3.59. The van der Waals surface area contributed by atoms with E-state index >= 15 is 0 Å². The van der Waals surface area contributed by atoms with Gasteiger partial charge in [-0.15, -0.1) is 0 Å². The zero-order chi connectivity index (χ0) is 9.97.